The van der Waals surface area contributed by atoms with Crippen molar-refractivity contribution in [2.45, 2.75) is 25.2 Å². The van der Waals surface area contributed by atoms with Crippen LogP contribution < -0.4 is 15.5 Å². The van der Waals surface area contributed by atoms with Gasteiger partial charge in [0.1, 0.15) is 11.2 Å². The van der Waals surface area contributed by atoms with E-state index in [2.05, 4.69) is 15.6 Å². The van der Waals surface area contributed by atoms with Crippen molar-refractivity contribution in [1.82, 2.24) is 10.3 Å². The van der Waals surface area contributed by atoms with Crippen LogP contribution in [0.1, 0.15) is 51.7 Å². The summed E-state index contributed by atoms with van der Waals surface area (Å²) in [5.74, 6) is -4.28. The van der Waals surface area contributed by atoms with Gasteiger partial charge in [-0.1, -0.05) is 49.7 Å². The molecule has 1 saturated heterocycles. The third-order valence-corrected chi connectivity index (χ3v) is 6.92. The highest BCUT2D eigenvalue weighted by Gasteiger charge is 2.52. The van der Waals surface area contributed by atoms with Crippen LogP contribution in [0, 0.1) is 11.6 Å². The summed E-state index contributed by atoms with van der Waals surface area (Å²) in [6, 6.07) is 10.6. The third kappa shape index (κ3) is 4.79. The fourth-order valence-electron chi connectivity index (χ4n) is 4.63. The Bertz CT molecular complexity index is 1440. The number of aromatic nitrogens is 1. The number of benzene rings is 2. The molecule has 2 aromatic carbocycles. The van der Waals surface area contributed by atoms with Crippen molar-refractivity contribution in [3.05, 3.63) is 87.7 Å². The molecule has 198 valence electrons. The molecule has 0 spiro atoms. The zero-order valence-corrected chi connectivity index (χ0v) is 21.6. The molecule has 0 aliphatic carbocycles. The number of anilines is 2. The summed E-state index contributed by atoms with van der Waals surface area (Å²) in [4.78, 5) is 42.9. The Kier molecular flexibility index (Phi) is 7.37. The first-order valence-corrected chi connectivity index (χ1v) is 12.1. The lowest BCUT2D eigenvalue weighted by Gasteiger charge is -2.51. The maximum atomic E-state index is 14.4. The quantitative estimate of drug-likeness (QED) is 0.403. The fourth-order valence-corrected chi connectivity index (χ4v) is 4.80. The van der Waals surface area contributed by atoms with Gasteiger partial charge < -0.3 is 20.6 Å². The second-order valence-electron chi connectivity index (χ2n) is 9.35. The number of hydrogen-bond donors (Lipinski definition) is 3. The molecule has 1 aliphatic heterocycles. The van der Waals surface area contributed by atoms with E-state index in [0.717, 1.165) is 29.3 Å². The monoisotopic (exact) mass is 542 g/mol. The van der Waals surface area contributed by atoms with Crippen LogP contribution in [0.4, 0.5) is 20.2 Å². The van der Waals surface area contributed by atoms with E-state index < -0.39 is 40.5 Å². The SMILES string of the molecule is CNC(=O)c1cc(Cl)c(F)cc1NC(=O)C1(c2ccccc2C(C)C)CN(c2cnc(C(=O)O)c(F)c2)C1. The summed E-state index contributed by atoms with van der Waals surface area (Å²) in [5, 5.41) is 14.0. The predicted octanol–water partition coefficient (Wildman–Crippen LogP) is 4.59. The van der Waals surface area contributed by atoms with Crippen LogP contribution in [-0.4, -0.2) is 48.0 Å². The van der Waals surface area contributed by atoms with E-state index in [9.17, 15) is 23.2 Å². The Morgan fingerprint density at radius 2 is 1.79 bits per heavy atom. The Labute approximate surface area is 222 Å². The highest BCUT2D eigenvalue weighted by Crippen LogP contribution is 2.42. The molecule has 38 heavy (non-hydrogen) atoms. The number of halogens is 3. The minimum atomic E-state index is -1.49. The minimum Gasteiger partial charge on any atom is -0.476 e. The van der Waals surface area contributed by atoms with Gasteiger partial charge in [0.15, 0.2) is 11.5 Å². The molecule has 1 aromatic heterocycles. The number of pyridine rings is 1. The smallest absolute Gasteiger partial charge is 0.357 e. The molecule has 1 fully saturated rings. The molecule has 2 amide bonds. The van der Waals surface area contributed by atoms with Gasteiger partial charge in [-0.05, 0) is 29.2 Å². The fraction of sp³-hybridized carbons (Fsp3) is 0.259. The molecule has 8 nitrogen and oxygen atoms in total. The molecule has 3 N–H and O–H groups in total. The van der Waals surface area contributed by atoms with Gasteiger partial charge in [0, 0.05) is 26.2 Å². The van der Waals surface area contributed by atoms with E-state index >= 15 is 0 Å². The van der Waals surface area contributed by atoms with Gasteiger partial charge in [0.2, 0.25) is 5.91 Å². The van der Waals surface area contributed by atoms with Gasteiger partial charge in [-0.3, -0.25) is 9.59 Å². The van der Waals surface area contributed by atoms with Crippen LogP contribution in [0.5, 0.6) is 0 Å². The second kappa shape index (κ2) is 10.4. The molecule has 0 atom stereocenters. The number of rotatable bonds is 7. The average molecular weight is 543 g/mol. The minimum absolute atomic E-state index is 0.00810. The number of amides is 2. The molecule has 4 rings (SSSR count). The lowest BCUT2D eigenvalue weighted by molar-refractivity contribution is -0.122. The summed E-state index contributed by atoms with van der Waals surface area (Å²) in [7, 11) is 1.40. The normalized spacial score (nSPS) is 14.1. The first-order chi connectivity index (χ1) is 18.0. The second-order valence-corrected chi connectivity index (χ2v) is 9.76. The molecular weight excluding hydrogens is 518 g/mol. The van der Waals surface area contributed by atoms with Crippen molar-refractivity contribution >= 4 is 40.8 Å². The number of carbonyl (C=O) groups is 3. The summed E-state index contributed by atoms with van der Waals surface area (Å²) in [6.45, 7) is 4.18. The van der Waals surface area contributed by atoms with Gasteiger partial charge in [-0.15, -0.1) is 0 Å². The van der Waals surface area contributed by atoms with Crippen LogP contribution in [0.3, 0.4) is 0 Å². The molecule has 11 heteroatoms. The van der Waals surface area contributed by atoms with Crippen LogP contribution >= 0.6 is 11.6 Å². The van der Waals surface area contributed by atoms with Crippen LogP contribution in [0.25, 0.3) is 0 Å². The number of carbonyl (C=O) groups excluding carboxylic acids is 2. The number of aromatic carboxylic acids is 1. The van der Waals surface area contributed by atoms with E-state index in [-0.39, 0.29) is 35.3 Å². The Morgan fingerprint density at radius 1 is 1.11 bits per heavy atom. The number of carboxylic acid groups (broad SMARTS) is 1. The van der Waals surface area contributed by atoms with Gasteiger partial charge in [0.25, 0.3) is 5.91 Å². The highest BCUT2D eigenvalue weighted by molar-refractivity contribution is 6.31. The summed E-state index contributed by atoms with van der Waals surface area (Å²) >= 11 is 5.89. The number of hydrogen-bond acceptors (Lipinski definition) is 5. The van der Waals surface area contributed by atoms with Crippen molar-refractivity contribution in [2.24, 2.45) is 0 Å². The Hall–Kier alpha value is -4.05. The van der Waals surface area contributed by atoms with E-state index in [1.165, 1.54) is 13.2 Å². The average Bonchev–Trinajstić information content (AvgIpc) is 2.85. The first-order valence-electron chi connectivity index (χ1n) is 11.7. The number of nitrogens with one attached hydrogen (secondary N) is 2. The molecule has 0 radical (unpaired) electrons. The topological polar surface area (TPSA) is 112 Å². The van der Waals surface area contributed by atoms with Gasteiger partial charge in [0.05, 0.1) is 28.2 Å². The molecule has 0 unspecified atom stereocenters. The van der Waals surface area contributed by atoms with E-state index in [1.807, 2.05) is 32.0 Å². The molecular formula is C27H25ClF2N4O4. The Morgan fingerprint density at radius 3 is 2.39 bits per heavy atom. The summed E-state index contributed by atoms with van der Waals surface area (Å²) in [6.07, 6.45) is 1.24. The summed E-state index contributed by atoms with van der Waals surface area (Å²) < 4.78 is 28.7. The predicted molar refractivity (Wildman–Crippen MR) is 139 cm³/mol. The standard InChI is InChI=1S/C27H25ClF2N4O4/c1-14(2)16-6-4-5-7-18(16)27(12-34(13-27)15-8-21(30)23(25(36)37)32-11-15)26(38)33-22-10-20(29)19(28)9-17(22)24(35)31-3/h4-11,14H,12-13H2,1-3H3,(H,31,35)(H,33,38)(H,36,37). The van der Waals surface area contributed by atoms with Crippen LogP contribution in [0.15, 0.2) is 48.7 Å². The third-order valence-electron chi connectivity index (χ3n) is 6.63. The van der Waals surface area contributed by atoms with Gasteiger partial charge in [-0.2, -0.15) is 0 Å². The van der Waals surface area contributed by atoms with Crippen LogP contribution in [-0.2, 0) is 10.2 Å². The lowest BCUT2D eigenvalue weighted by Crippen LogP contribution is -2.65. The highest BCUT2D eigenvalue weighted by atomic mass is 35.5. The van der Waals surface area contributed by atoms with Crippen molar-refractivity contribution < 1.29 is 28.3 Å². The number of nitrogens with zero attached hydrogens (tertiary/aromatic N) is 2. The first kappa shape index (κ1) is 27.0. The molecule has 3 aromatic rings. The summed E-state index contributed by atoms with van der Waals surface area (Å²) in [5.41, 5.74) is 0.0491. The van der Waals surface area contributed by atoms with E-state index in [0.29, 0.717) is 5.69 Å². The zero-order valence-electron chi connectivity index (χ0n) is 20.8. The zero-order chi connectivity index (χ0) is 27.8. The number of carboxylic acids is 1. The van der Waals surface area contributed by atoms with Crippen molar-refractivity contribution in [1.29, 1.82) is 0 Å². The van der Waals surface area contributed by atoms with Gasteiger partial charge >= 0.3 is 5.97 Å². The van der Waals surface area contributed by atoms with Crippen LogP contribution in [0.2, 0.25) is 5.02 Å². The molecule has 0 saturated carbocycles. The van der Waals surface area contributed by atoms with E-state index in [1.54, 1.807) is 11.0 Å². The molecule has 1 aliphatic rings. The van der Waals surface area contributed by atoms with Crippen molar-refractivity contribution in [3.63, 3.8) is 0 Å². The van der Waals surface area contributed by atoms with Gasteiger partial charge in [-0.25, -0.2) is 18.6 Å². The van der Waals surface area contributed by atoms with E-state index in [4.69, 9.17) is 16.7 Å². The maximum Gasteiger partial charge on any atom is 0.357 e. The lowest BCUT2D eigenvalue weighted by atomic mass is 9.69. The van der Waals surface area contributed by atoms with Crippen molar-refractivity contribution in [3.8, 4) is 0 Å². The maximum absolute atomic E-state index is 14.4. The molecule has 0 bridgehead atoms. The van der Waals surface area contributed by atoms with Crippen molar-refractivity contribution in [2.75, 3.05) is 30.4 Å². The Balaban J connectivity index is 1.75. The largest absolute Gasteiger partial charge is 0.476 e. The molecule has 2 heterocycles.